The Kier molecular flexibility index (Phi) is 3.91. The molecule has 0 spiro atoms. The summed E-state index contributed by atoms with van der Waals surface area (Å²) in [5.74, 6) is -0.795. The topological polar surface area (TPSA) is 62.5 Å². The third kappa shape index (κ3) is 2.59. The van der Waals surface area contributed by atoms with E-state index in [1.54, 1.807) is 12.5 Å². The third-order valence-corrected chi connectivity index (χ3v) is 2.83. The monoisotopic (exact) mass is 211 g/mol. The van der Waals surface area contributed by atoms with Crippen LogP contribution in [0.5, 0.6) is 0 Å². The highest BCUT2D eigenvalue weighted by Gasteiger charge is 2.33. The zero-order chi connectivity index (χ0) is 11.3. The summed E-state index contributed by atoms with van der Waals surface area (Å²) >= 11 is 0. The summed E-state index contributed by atoms with van der Waals surface area (Å²) in [7, 11) is 0. The van der Waals surface area contributed by atoms with Gasteiger partial charge in [-0.3, -0.25) is 10.1 Å². The van der Waals surface area contributed by atoms with Crippen molar-refractivity contribution in [1.82, 2.24) is 5.32 Å². The number of rotatable bonds is 6. The van der Waals surface area contributed by atoms with Crippen LogP contribution in [-0.2, 0) is 11.3 Å². The number of carbonyl (C=O) groups is 1. The Labute approximate surface area is 89.3 Å². The number of hydrogen-bond donors (Lipinski definition) is 2. The van der Waals surface area contributed by atoms with Crippen LogP contribution in [0.15, 0.2) is 23.0 Å². The Morgan fingerprint density at radius 1 is 1.53 bits per heavy atom. The molecule has 1 rings (SSSR count). The molecule has 0 saturated carbocycles. The van der Waals surface area contributed by atoms with Crippen molar-refractivity contribution in [3.8, 4) is 0 Å². The van der Waals surface area contributed by atoms with E-state index in [4.69, 9.17) is 9.52 Å². The van der Waals surface area contributed by atoms with E-state index in [1.807, 2.05) is 19.9 Å². The molecule has 0 saturated heterocycles. The molecule has 2 N–H and O–H groups in total. The zero-order valence-corrected chi connectivity index (χ0v) is 9.12. The maximum atomic E-state index is 11.2. The van der Waals surface area contributed by atoms with Gasteiger partial charge in [0, 0.05) is 12.1 Å². The van der Waals surface area contributed by atoms with Crippen molar-refractivity contribution < 1.29 is 14.3 Å². The number of carboxylic acid groups (broad SMARTS) is 1. The molecule has 0 radical (unpaired) electrons. The molecule has 0 atom stereocenters. The van der Waals surface area contributed by atoms with Crippen molar-refractivity contribution in [2.75, 3.05) is 0 Å². The van der Waals surface area contributed by atoms with Crippen molar-refractivity contribution in [1.29, 1.82) is 0 Å². The van der Waals surface area contributed by atoms with E-state index < -0.39 is 11.5 Å². The van der Waals surface area contributed by atoms with Gasteiger partial charge in [-0.2, -0.15) is 0 Å². The molecule has 1 aromatic heterocycles. The van der Waals surface area contributed by atoms with Gasteiger partial charge in [0.15, 0.2) is 0 Å². The van der Waals surface area contributed by atoms with Crippen LogP contribution in [0, 0.1) is 0 Å². The molecule has 1 aromatic rings. The molecule has 84 valence electrons. The van der Waals surface area contributed by atoms with Crippen LogP contribution in [0.2, 0.25) is 0 Å². The molecule has 4 heteroatoms. The van der Waals surface area contributed by atoms with Gasteiger partial charge in [-0.15, -0.1) is 0 Å². The van der Waals surface area contributed by atoms with Crippen molar-refractivity contribution in [2.24, 2.45) is 0 Å². The van der Waals surface area contributed by atoms with E-state index in [9.17, 15) is 4.79 Å². The minimum absolute atomic E-state index is 0.518. The Morgan fingerprint density at radius 3 is 2.60 bits per heavy atom. The fraction of sp³-hybridized carbons (Fsp3) is 0.545. The summed E-state index contributed by atoms with van der Waals surface area (Å²) in [5.41, 5.74) is 0.139. The second-order valence-electron chi connectivity index (χ2n) is 3.58. The number of carboxylic acids is 1. The van der Waals surface area contributed by atoms with Crippen LogP contribution in [-0.4, -0.2) is 16.6 Å². The lowest BCUT2D eigenvalue weighted by Gasteiger charge is -2.27. The van der Waals surface area contributed by atoms with Gasteiger partial charge in [0.05, 0.1) is 12.5 Å². The quantitative estimate of drug-likeness (QED) is 0.755. The molecule has 0 aromatic carbocycles. The minimum Gasteiger partial charge on any atom is -0.480 e. The first-order valence-corrected chi connectivity index (χ1v) is 5.14. The van der Waals surface area contributed by atoms with E-state index in [-0.39, 0.29) is 0 Å². The summed E-state index contributed by atoms with van der Waals surface area (Å²) in [6.07, 6.45) is 4.33. The number of furan rings is 1. The van der Waals surface area contributed by atoms with E-state index >= 15 is 0 Å². The van der Waals surface area contributed by atoms with Crippen LogP contribution < -0.4 is 5.32 Å². The second kappa shape index (κ2) is 4.98. The molecule has 0 aliphatic rings. The normalized spacial score (nSPS) is 11.6. The molecule has 0 aliphatic heterocycles. The highest BCUT2D eigenvalue weighted by atomic mass is 16.4. The molecular weight excluding hydrogens is 194 g/mol. The average molecular weight is 211 g/mol. The van der Waals surface area contributed by atoms with Crippen LogP contribution in [0.3, 0.4) is 0 Å². The van der Waals surface area contributed by atoms with Gasteiger partial charge in [-0.25, -0.2) is 0 Å². The van der Waals surface area contributed by atoms with Crippen LogP contribution in [0.4, 0.5) is 0 Å². The standard InChI is InChI=1S/C11H17NO3/c1-3-11(4-2,10(13)14)12-7-9-5-6-15-8-9/h5-6,8,12H,3-4,7H2,1-2H3,(H,13,14). The molecule has 0 aliphatic carbocycles. The van der Waals surface area contributed by atoms with Gasteiger partial charge < -0.3 is 9.52 Å². The summed E-state index contributed by atoms with van der Waals surface area (Å²) < 4.78 is 4.92. The maximum absolute atomic E-state index is 11.2. The molecule has 4 nitrogen and oxygen atoms in total. The van der Waals surface area contributed by atoms with E-state index in [1.165, 1.54) is 0 Å². The molecule has 0 amide bonds. The van der Waals surface area contributed by atoms with Crippen molar-refractivity contribution in [2.45, 2.75) is 38.8 Å². The van der Waals surface area contributed by atoms with E-state index in [2.05, 4.69) is 5.32 Å². The lowest BCUT2D eigenvalue weighted by molar-refractivity contribution is -0.145. The molecule has 1 heterocycles. The first kappa shape index (κ1) is 11.8. The van der Waals surface area contributed by atoms with Crippen LogP contribution >= 0.6 is 0 Å². The number of aliphatic carboxylic acids is 1. The average Bonchev–Trinajstić information content (AvgIpc) is 2.72. The molecular formula is C11H17NO3. The van der Waals surface area contributed by atoms with Gasteiger partial charge in [-0.1, -0.05) is 13.8 Å². The van der Waals surface area contributed by atoms with Gasteiger partial charge in [0.2, 0.25) is 0 Å². The van der Waals surface area contributed by atoms with Crippen molar-refractivity contribution in [3.05, 3.63) is 24.2 Å². The fourth-order valence-electron chi connectivity index (χ4n) is 1.54. The van der Waals surface area contributed by atoms with Crippen molar-refractivity contribution >= 4 is 5.97 Å². The summed E-state index contributed by atoms with van der Waals surface area (Å²) in [4.78, 5) is 11.2. The molecule has 0 fully saturated rings. The summed E-state index contributed by atoms with van der Waals surface area (Å²) in [6, 6.07) is 1.82. The molecule has 15 heavy (non-hydrogen) atoms. The highest BCUT2D eigenvalue weighted by molar-refractivity contribution is 5.78. The van der Waals surface area contributed by atoms with E-state index in [0.717, 1.165) is 5.56 Å². The summed E-state index contributed by atoms with van der Waals surface area (Å²) in [6.45, 7) is 4.27. The molecule has 0 unspecified atom stereocenters. The van der Waals surface area contributed by atoms with Gasteiger partial charge in [0.1, 0.15) is 5.54 Å². The zero-order valence-electron chi connectivity index (χ0n) is 9.12. The van der Waals surface area contributed by atoms with Crippen LogP contribution in [0.25, 0.3) is 0 Å². The van der Waals surface area contributed by atoms with E-state index in [0.29, 0.717) is 19.4 Å². The van der Waals surface area contributed by atoms with Gasteiger partial charge in [0.25, 0.3) is 0 Å². The first-order valence-electron chi connectivity index (χ1n) is 5.14. The van der Waals surface area contributed by atoms with Gasteiger partial charge in [-0.05, 0) is 18.9 Å². The highest BCUT2D eigenvalue weighted by Crippen LogP contribution is 2.16. The smallest absolute Gasteiger partial charge is 0.323 e. The molecule has 0 bridgehead atoms. The largest absolute Gasteiger partial charge is 0.480 e. The second-order valence-corrected chi connectivity index (χ2v) is 3.58. The lowest BCUT2D eigenvalue weighted by Crippen LogP contribution is -2.50. The summed E-state index contributed by atoms with van der Waals surface area (Å²) in [5, 5.41) is 12.2. The minimum atomic E-state index is -0.822. The maximum Gasteiger partial charge on any atom is 0.323 e. The SMILES string of the molecule is CCC(CC)(NCc1ccoc1)C(=O)O. The number of nitrogens with one attached hydrogen (secondary N) is 1. The van der Waals surface area contributed by atoms with Crippen molar-refractivity contribution in [3.63, 3.8) is 0 Å². The third-order valence-electron chi connectivity index (χ3n) is 2.83. The fourth-order valence-corrected chi connectivity index (χ4v) is 1.54. The van der Waals surface area contributed by atoms with Crippen LogP contribution in [0.1, 0.15) is 32.3 Å². The predicted octanol–water partition coefficient (Wildman–Crippen LogP) is 2.01. The predicted molar refractivity (Wildman–Crippen MR) is 56.5 cm³/mol. The first-order chi connectivity index (χ1) is 7.14. The van der Waals surface area contributed by atoms with Gasteiger partial charge >= 0.3 is 5.97 Å². The Balaban J connectivity index is 2.63. The Bertz CT molecular complexity index is 302. The Hall–Kier alpha value is -1.29. The lowest BCUT2D eigenvalue weighted by atomic mass is 9.93. The number of hydrogen-bond acceptors (Lipinski definition) is 3. The Morgan fingerprint density at radius 2 is 2.20 bits per heavy atom.